The lowest BCUT2D eigenvalue weighted by Crippen LogP contribution is -1.70. The van der Waals surface area contributed by atoms with Crippen molar-refractivity contribution in [2.45, 2.75) is 0 Å². The zero-order chi connectivity index (χ0) is 7.84. The van der Waals surface area contributed by atoms with Gasteiger partial charge >= 0.3 is 0 Å². The Labute approximate surface area is 75.6 Å². The Morgan fingerprint density at radius 2 is 2.27 bits per heavy atom. The Hall–Kier alpha value is -0.610. The Morgan fingerprint density at radius 1 is 1.45 bits per heavy atom. The molecule has 1 N–H and O–H groups in total. The molecule has 1 aromatic heterocycles. The largest absolute Gasteiger partial charge is 0.506 e. The van der Waals surface area contributed by atoms with E-state index >= 15 is 0 Å². The summed E-state index contributed by atoms with van der Waals surface area (Å²) in [6, 6.07) is 3.58. The lowest BCUT2D eigenvalue weighted by molar-refractivity contribution is 0.480. The molecule has 0 spiro atoms. The Morgan fingerprint density at radius 3 is 3.09 bits per heavy atom. The molecule has 0 atom stereocenters. The number of phenols is 1. The van der Waals surface area contributed by atoms with Crippen molar-refractivity contribution in [3.8, 4) is 5.75 Å². The Bertz CT molecular complexity index is 398. The summed E-state index contributed by atoms with van der Waals surface area (Å²) < 4.78 is 1.88. The van der Waals surface area contributed by atoms with Gasteiger partial charge in [-0.15, -0.1) is 11.3 Å². The molecule has 0 amide bonds. The summed E-state index contributed by atoms with van der Waals surface area (Å²) in [7, 11) is 0. The molecule has 0 saturated carbocycles. The van der Waals surface area contributed by atoms with Crippen LogP contribution in [0, 0.1) is 0 Å². The van der Waals surface area contributed by atoms with Gasteiger partial charge in [0.25, 0.3) is 0 Å². The van der Waals surface area contributed by atoms with Crippen molar-refractivity contribution in [2.75, 3.05) is 0 Å². The lowest BCUT2D eigenvalue weighted by atomic mass is 10.3. The maximum absolute atomic E-state index is 9.36. The molecule has 0 unspecified atom stereocenters. The van der Waals surface area contributed by atoms with Crippen LogP contribution in [0.3, 0.4) is 0 Å². The van der Waals surface area contributed by atoms with Crippen molar-refractivity contribution in [1.82, 2.24) is 4.98 Å². The van der Waals surface area contributed by atoms with E-state index in [-0.39, 0.29) is 5.75 Å². The van der Waals surface area contributed by atoms with Crippen LogP contribution >= 0.6 is 27.3 Å². The summed E-state index contributed by atoms with van der Waals surface area (Å²) in [6.45, 7) is 0. The second-order valence-electron chi connectivity index (χ2n) is 2.12. The number of rotatable bonds is 0. The average molecular weight is 230 g/mol. The van der Waals surface area contributed by atoms with E-state index < -0.39 is 0 Å². The van der Waals surface area contributed by atoms with Gasteiger partial charge in [-0.3, -0.25) is 0 Å². The van der Waals surface area contributed by atoms with E-state index in [4.69, 9.17) is 0 Å². The summed E-state index contributed by atoms with van der Waals surface area (Å²) in [6.07, 6.45) is 0. The van der Waals surface area contributed by atoms with E-state index in [1.807, 2.05) is 6.07 Å². The van der Waals surface area contributed by atoms with Crippen molar-refractivity contribution in [3.05, 3.63) is 22.1 Å². The van der Waals surface area contributed by atoms with Gasteiger partial charge in [0, 0.05) is 4.47 Å². The van der Waals surface area contributed by atoms with E-state index in [9.17, 15) is 5.11 Å². The Balaban J connectivity index is 2.91. The highest BCUT2D eigenvalue weighted by molar-refractivity contribution is 9.10. The Kier molecular flexibility index (Phi) is 1.58. The van der Waals surface area contributed by atoms with Crippen LogP contribution < -0.4 is 0 Å². The molecule has 11 heavy (non-hydrogen) atoms. The number of benzene rings is 1. The van der Waals surface area contributed by atoms with Crippen LogP contribution in [-0.4, -0.2) is 10.1 Å². The summed E-state index contributed by atoms with van der Waals surface area (Å²) >= 11 is 4.80. The van der Waals surface area contributed by atoms with Gasteiger partial charge in [-0.05, 0) is 12.1 Å². The van der Waals surface area contributed by atoms with Crippen LogP contribution in [0.4, 0.5) is 0 Å². The minimum atomic E-state index is 0.232. The highest BCUT2D eigenvalue weighted by atomic mass is 79.9. The third-order valence-corrected chi connectivity index (χ3v) is 2.61. The predicted octanol–water partition coefficient (Wildman–Crippen LogP) is 2.76. The maximum atomic E-state index is 9.36. The molecule has 2 rings (SSSR count). The van der Waals surface area contributed by atoms with Crippen LogP contribution in [0.25, 0.3) is 10.2 Å². The number of aromatic nitrogens is 1. The van der Waals surface area contributed by atoms with Gasteiger partial charge in [0.2, 0.25) is 0 Å². The van der Waals surface area contributed by atoms with Crippen LogP contribution in [0.2, 0.25) is 0 Å². The fourth-order valence-electron chi connectivity index (χ4n) is 0.916. The molecule has 0 aliphatic rings. The van der Waals surface area contributed by atoms with Crippen LogP contribution in [0.15, 0.2) is 22.1 Å². The first-order valence-electron chi connectivity index (χ1n) is 2.99. The zero-order valence-electron chi connectivity index (χ0n) is 5.41. The summed E-state index contributed by atoms with van der Waals surface area (Å²) in [5, 5.41) is 9.36. The molecule has 1 aromatic carbocycles. The molecule has 0 fully saturated rings. The third kappa shape index (κ3) is 1.12. The number of hydrogen-bond donors (Lipinski definition) is 1. The monoisotopic (exact) mass is 229 g/mol. The predicted molar refractivity (Wildman–Crippen MR) is 49.0 cm³/mol. The molecule has 2 aromatic rings. The molecule has 0 bridgehead atoms. The number of nitrogens with zero attached hydrogens (tertiary/aromatic N) is 1. The molecule has 1 heterocycles. The van der Waals surface area contributed by atoms with Gasteiger partial charge in [0.05, 0.1) is 10.2 Å². The lowest BCUT2D eigenvalue weighted by Gasteiger charge is -1.93. The number of thiazole rings is 1. The minimum Gasteiger partial charge on any atom is -0.506 e. The van der Waals surface area contributed by atoms with Gasteiger partial charge in [-0.2, -0.15) is 0 Å². The highest BCUT2D eigenvalue weighted by Crippen LogP contribution is 2.30. The van der Waals surface area contributed by atoms with E-state index in [1.54, 1.807) is 11.6 Å². The summed E-state index contributed by atoms with van der Waals surface area (Å²) in [5.41, 5.74) is 2.40. The van der Waals surface area contributed by atoms with Gasteiger partial charge in [-0.1, -0.05) is 15.9 Å². The standard InChI is InChI=1S/C7H4BrNOS/c8-4-1-5(10)7-6(2-4)11-3-9-7/h1-3,10H. The van der Waals surface area contributed by atoms with Gasteiger partial charge in [0.1, 0.15) is 11.3 Å². The maximum Gasteiger partial charge on any atom is 0.143 e. The fraction of sp³-hybridized carbons (Fsp3) is 0. The van der Waals surface area contributed by atoms with Crippen LogP contribution in [0.5, 0.6) is 5.75 Å². The molecular weight excluding hydrogens is 226 g/mol. The van der Waals surface area contributed by atoms with Gasteiger partial charge in [0.15, 0.2) is 0 Å². The normalized spacial score (nSPS) is 10.6. The second kappa shape index (κ2) is 2.46. The second-order valence-corrected chi connectivity index (χ2v) is 3.93. The van der Waals surface area contributed by atoms with E-state index in [1.165, 1.54) is 11.3 Å². The molecular formula is C7H4BrNOS. The zero-order valence-corrected chi connectivity index (χ0v) is 7.82. The molecule has 0 saturated heterocycles. The van der Waals surface area contributed by atoms with E-state index in [2.05, 4.69) is 20.9 Å². The van der Waals surface area contributed by atoms with Crippen molar-refractivity contribution in [2.24, 2.45) is 0 Å². The molecule has 2 nitrogen and oxygen atoms in total. The number of hydrogen-bond acceptors (Lipinski definition) is 3. The highest BCUT2D eigenvalue weighted by Gasteiger charge is 2.02. The first kappa shape index (κ1) is 7.06. The molecule has 56 valence electrons. The molecule has 0 radical (unpaired) electrons. The molecule has 4 heteroatoms. The van der Waals surface area contributed by atoms with Crippen molar-refractivity contribution >= 4 is 37.5 Å². The van der Waals surface area contributed by atoms with Crippen molar-refractivity contribution in [3.63, 3.8) is 0 Å². The summed E-state index contributed by atoms with van der Waals surface area (Å²) in [4.78, 5) is 4.01. The van der Waals surface area contributed by atoms with E-state index in [0.717, 1.165) is 9.17 Å². The average Bonchev–Trinajstić information content (AvgIpc) is 2.34. The van der Waals surface area contributed by atoms with E-state index in [0.29, 0.717) is 5.52 Å². The summed E-state index contributed by atoms with van der Waals surface area (Å²) in [5.74, 6) is 0.232. The molecule has 0 aliphatic heterocycles. The van der Waals surface area contributed by atoms with Gasteiger partial charge in [-0.25, -0.2) is 4.98 Å². The molecule has 0 aliphatic carbocycles. The third-order valence-electron chi connectivity index (χ3n) is 1.38. The van der Waals surface area contributed by atoms with Crippen molar-refractivity contribution < 1.29 is 5.11 Å². The first-order valence-corrected chi connectivity index (χ1v) is 4.66. The fourth-order valence-corrected chi connectivity index (χ4v) is 2.25. The SMILES string of the molecule is Oc1cc(Br)cc2scnc12. The van der Waals surface area contributed by atoms with Crippen LogP contribution in [-0.2, 0) is 0 Å². The van der Waals surface area contributed by atoms with Gasteiger partial charge < -0.3 is 5.11 Å². The number of fused-ring (bicyclic) bond motifs is 1. The van der Waals surface area contributed by atoms with Crippen molar-refractivity contribution in [1.29, 1.82) is 0 Å². The number of halogens is 1. The number of aromatic hydroxyl groups is 1. The minimum absolute atomic E-state index is 0.232. The van der Waals surface area contributed by atoms with Crippen LogP contribution in [0.1, 0.15) is 0 Å². The quantitative estimate of drug-likeness (QED) is 0.754. The smallest absolute Gasteiger partial charge is 0.143 e. The first-order chi connectivity index (χ1) is 5.27. The number of phenolic OH excluding ortho intramolecular Hbond substituents is 1. The topological polar surface area (TPSA) is 33.1 Å².